The third-order valence-electron chi connectivity index (χ3n) is 2.80. The van der Waals surface area contributed by atoms with Gasteiger partial charge in [-0.2, -0.15) is 4.98 Å². The normalized spacial score (nSPS) is 11.9. The van der Waals surface area contributed by atoms with E-state index in [4.69, 9.17) is 10.3 Å². The van der Waals surface area contributed by atoms with Gasteiger partial charge in [0.1, 0.15) is 0 Å². The minimum absolute atomic E-state index is 0.376. The highest BCUT2D eigenvalue weighted by molar-refractivity contribution is 5.79. The number of rotatable bonds is 3. The van der Waals surface area contributed by atoms with Crippen LogP contribution < -0.4 is 5.73 Å². The van der Waals surface area contributed by atoms with Crippen LogP contribution in [0.2, 0.25) is 0 Å². The summed E-state index contributed by atoms with van der Waals surface area (Å²) in [6, 6.07) is 5.68. The number of hydrogen-bond donors (Lipinski definition) is 1. The van der Waals surface area contributed by atoms with Crippen LogP contribution >= 0.6 is 0 Å². The van der Waals surface area contributed by atoms with Gasteiger partial charge in [0.05, 0.1) is 11.0 Å². The van der Waals surface area contributed by atoms with E-state index in [1.807, 2.05) is 32.0 Å². The molecule has 0 bridgehead atoms. The zero-order chi connectivity index (χ0) is 14.2. The van der Waals surface area contributed by atoms with Crippen LogP contribution in [0.1, 0.15) is 19.7 Å². The fourth-order valence-electron chi connectivity index (χ4n) is 1.94. The Morgan fingerprint density at radius 3 is 2.65 bits per heavy atom. The van der Waals surface area contributed by atoms with Crippen molar-refractivity contribution in [1.82, 2.24) is 20.1 Å². The number of hydrogen-bond acceptors (Lipinski definition) is 6. The van der Waals surface area contributed by atoms with Crippen LogP contribution in [0.15, 0.2) is 35.1 Å². The first kappa shape index (κ1) is 12.7. The number of aromatic nitrogens is 4. The molecule has 102 valence electrons. The monoisotopic (exact) mass is 269 g/mol. The van der Waals surface area contributed by atoms with Gasteiger partial charge in [-0.05, 0) is 32.0 Å². The summed E-state index contributed by atoms with van der Waals surface area (Å²) >= 11 is 0. The number of nitrogens with zero attached hydrogens (tertiary/aromatic N) is 4. The second-order valence-electron chi connectivity index (χ2n) is 5.44. The predicted molar refractivity (Wildman–Crippen MR) is 74.8 cm³/mol. The van der Waals surface area contributed by atoms with E-state index in [9.17, 15) is 0 Å². The third-order valence-corrected chi connectivity index (χ3v) is 2.80. The smallest absolute Gasteiger partial charge is 0.228 e. The summed E-state index contributed by atoms with van der Waals surface area (Å²) in [4.78, 5) is 12.9. The standard InChI is InChI=1S/C14H15N5O/c1-14(2,15)8-12-18-13(19-20-12)9-3-4-10-11(7-9)17-6-5-16-10/h3-7H,8,15H2,1-2H3. The van der Waals surface area contributed by atoms with Crippen LogP contribution in [-0.4, -0.2) is 25.6 Å². The maximum atomic E-state index is 5.94. The summed E-state index contributed by atoms with van der Waals surface area (Å²) in [6.45, 7) is 3.84. The van der Waals surface area contributed by atoms with Crippen LogP contribution in [0.25, 0.3) is 22.4 Å². The number of benzene rings is 1. The Hall–Kier alpha value is -2.34. The van der Waals surface area contributed by atoms with Crippen LogP contribution in [0.5, 0.6) is 0 Å². The van der Waals surface area contributed by atoms with Crippen molar-refractivity contribution in [2.75, 3.05) is 0 Å². The van der Waals surface area contributed by atoms with Gasteiger partial charge in [0, 0.05) is 29.9 Å². The SMILES string of the molecule is CC(C)(N)Cc1nc(-c2ccc3nccnc3c2)no1. The van der Waals surface area contributed by atoms with E-state index < -0.39 is 0 Å². The highest BCUT2D eigenvalue weighted by Crippen LogP contribution is 2.20. The van der Waals surface area contributed by atoms with Gasteiger partial charge < -0.3 is 10.3 Å². The van der Waals surface area contributed by atoms with E-state index in [1.54, 1.807) is 12.4 Å². The van der Waals surface area contributed by atoms with Crippen molar-refractivity contribution < 1.29 is 4.52 Å². The Kier molecular flexibility index (Phi) is 2.94. The maximum absolute atomic E-state index is 5.94. The molecule has 2 aromatic heterocycles. The minimum atomic E-state index is -0.376. The molecule has 3 rings (SSSR count). The second kappa shape index (κ2) is 4.64. The van der Waals surface area contributed by atoms with E-state index in [2.05, 4.69) is 20.1 Å². The molecular formula is C14H15N5O. The zero-order valence-corrected chi connectivity index (χ0v) is 11.4. The minimum Gasteiger partial charge on any atom is -0.339 e. The molecule has 0 aliphatic heterocycles. The maximum Gasteiger partial charge on any atom is 0.228 e. The molecule has 0 amide bonds. The number of fused-ring (bicyclic) bond motifs is 1. The highest BCUT2D eigenvalue weighted by Gasteiger charge is 2.17. The van der Waals surface area contributed by atoms with Gasteiger partial charge in [-0.15, -0.1) is 0 Å². The number of nitrogens with two attached hydrogens (primary N) is 1. The lowest BCUT2D eigenvalue weighted by Crippen LogP contribution is -2.34. The fourth-order valence-corrected chi connectivity index (χ4v) is 1.94. The summed E-state index contributed by atoms with van der Waals surface area (Å²) in [5.74, 6) is 1.07. The lowest BCUT2D eigenvalue weighted by Gasteiger charge is -2.14. The van der Waals surface area contributed by atoms with Crippen LogP contribution in [0.3, 0.4) is 0 Å². The van der Waals surface area contributed by atoms with Crippen molar-refractivity contribution in [2.45, 2.75) is 25.8 Å². The molecule has 0 radical (unpaired) electrons. The molecule has 6 heteroatoms. The lowest BCUT2D eigenvalue weighted by molar-refractivity contribution is 0.348. The van der Waals surface area contributed by atoms with Gasteiger partial charge in [0.2, 0.25) is 11.7 Å². The van der Waals surface area contributed by atoms with E-state index in [1.165, 1.54) is 0 Å². The molecule has 0 aliphatic rings. The Balaban J connectivity index is 1.95. The summed E-state index contributed by atoms with van der Waals surface area (Å²) in [7, 11) is 0. The topological polar surface area (TPSA) is 90.7 Å². The third kappa shape index (κ3) is 2.65. The average Bonchev–Trinajstić information content (AvgIpc) is 2.84. The van der Waals surface area contributed by atoms with Gasteiger partial charge >= 0.3 is 0 Å². The zero-order valence-electron chi connectivity index (χ0n) is 11.4. The molecule has 2 N–H and O–H groups in total. The Labute approximate surface area is 116 Å². The van der Waals surface area contributed by atoms with Crippen molar-refractivity contribution in [3.63, 3.8) is 0 Å². The molecule has 2 heterocycles. The second-order valence-corrected chi connectivity index (χ2v) is 5.44. The summed E-state index contributed by atoms with van der Waals surface area (Å²) in [5.41, 5.74) is 8.05. The summed E-state index contributed by atoms with van der Waals surface area (Å²) in [5, 5.41) is 3.99. The van der Waals surface area contributed by atoms with E-state index in [0.717, 1.165) is 16.6 Å². The Bertz CT molecular complexity index is 744. The molecule has 0 atom stereocenters. The molecule has 6 nitrogen and oxygen atoms in total. The van der Waals surface area contributed by atoms with Crippen LogP contribution in [0.4, 0.5) is 0 Å². The summed E-state index contributed by atoms with van der Waals surface area (Å²) in [6.07, 6.45) is 3.86. The molecule has 20 heavy (non-hydrogen) atoms. The molecule has 1 aromatic carbocycles. The van der Waals surface area contributed by atoms with Gasteiger partial charge in [-0.25, -0.2) is 0 Å². The highest BCUT2D eigenvalue weighted by atomic mass is 16.5. The van der Waals surface area contributed by atoms with Gasteiger partial charge in [0.15, 0.2) is 0 Å². The Morgan fingerprint density at radius 1 is 1.15 bits per heavy atom. The Morgan fingerprint density at radius 2 is 1.90 bits per heavy atom. The van der Waals surface area contributed by atoms with Crippen molar-refractivity contribution in [3.05, 3.63) is 36.5 Å². The molecule has 0 fully saturated rings. The van der Waals surface area contributed by atoms with Gasteiger partial charge in [-0.1, -0.05) is 5.16 Å². The van der Waals surface area contributed by atoms with Gasteiger partial charge in [-0.3, -0.25) is 9.97 Å². The van der Waals surface area contributed by atoms with Crippen molar-refractivity contribution >= 4 is 11.0 Å². The van der Waals surface area contributed by atoms with E-state index in [-0.39, 0.29) is 5.54 Å². The van der Waals surface area contributed by atoms with Crippen molar-refractivity contribution in [3.8, 4) is 11.4 Å². The fraction of sp³-hybridized carbons (Fsp3) is 0.286. The summed E-state index contributed by atoms with van der Waals surface area (Å²) < 4.78 is 5.23. The lowest BCUT2D eigenvalue weighted by atomic mass is 10.0. The molecule has 0 spiro atoms. The predicted octanol–water partition coefficient (Wildman–Crippen LogP) is 1.96. The van der Waals surface area contributed by atoms with Crippen molar-refractivity contribution in [2.24, 2.45) is 5.73 Å². The van der Waals surface area contributed by atoms with E-state index in [0.29, 0.717) is 18.1 Å². The molecule has 0 unspecified atom stereocenters. The van der Waals surface area contributed by atoms with Crippen LogP contribution in [-0.2, 0) is 6.42 Å². The molecular weight excluding hydrogens is 254 g/mol. The van der Waals surface area contributed by atoms with E-state index >= 15 is 0 Å². The molecule has 3 aromatic rings. The van der Waals surface area contributed by atoms with Crippen LogP contribution in [0, 0.1) is 0 Å². The largest absolute Gasteiger partial charge is 0.339 e. The molecule has 0 saturated carbocycles. The first-order chi connectivity index (χ1) is 9.51. The van der Waals surface area contributed by atoms with Crippen molar-refractivity contribution in [1.29, 1.82) is 0 Å². The molecule has 0 saturated heterocycles. The first-order valence-corrected chi connectivity index (χ1v) is 6.34. The average molecular weight is 269 g/mol. The quantitative estimate of drug-likeness (QED) is 0.781. The van der Waals surface area contributed by atoms with Gasteiger partial charge in [0.25, 0.3) is 0 Å². The first-order valence-electron chi connectivity index (χ1n) is 6.34. The molecule has 0 aliphatic carbocycles.